The molecule has 1 saturated heterocycles. The van der Waals surface area contributed by atoms with Crippen molar-refractivity contribution in [2.24, 2.45) is 0 Å². The average Bonchev–Trinajstić information content (AvgIpc) is 2.41. The minimum atomic E-state index is 0.102. The Bertz CT molecular complexity index is 425. The molecular formula is C15H18O3. The monoisotopic (exact) mass is 246 g/mol. The number of ether oxygens (including phenoxy) is 2. The van der Waals surface area contributed by atoms with Gasteiger partial charge in [-0.3, -0.25) is 0 Å². The Hall–Kier alpha value is -1.50. The molecule has 96 valence electrons. The average molecular weight is 246 g/mol. The lowest BCUT2D eigenvalue weighted by Crippen LogP contribution is -2.25. The van der Waals surface area contributed by atoms with Crippen LogP contribution >= 0.6 is 0 Å². The van der Waals surface area contributed by atoms with Crippen LogP contribution in [0.15, 0.2) is 24.3 Å². The van der Waals surface area contributed by atoms with Crippen molar-refractivity contribution in [2.75, 3.05) is 19.8 Å². The second kappa shape index (κ2) is 7.05. The molecule has 18 heavy (non-hydrogen) atoms. The molecule has 1 heterocycles. The standard InChI is InChI=1S/C15H18O3/c16-9-2-1-4-13-5-3-6-15(12-13)18-14-7-10-17-11-8-14/h3,5-6,12,14,16H,2,7-11H2. The van der Waals surface area contributed by atoms with Crippen LogP contribution in [0.1, 0.15) is 24.8 Å². The third-order valence-electron chi connectivity index (χ3n) is 2.77. The van der Waals surface area contributed by atoms with Crippen molar-refractivity contribution in [3.63, 3.8) is 0 Å². The summed E-state index contributed by atoms with van der Waals surface area (Å²) in [4.78, 5) is 0. The van der Waals surface area contributed by atoms with E-state index in [-0.39, 0.29) is 12.7 Å². The number of benzene rings is 1. The molecule has 1 aliphatic heterocycles. The summed E-state index contributed by atoms with van der Waals surface area (Å²) >= 11 is 0. The molecule has 1 aromatic rings. The molecule has 0 amide bonds. The van der Waals surface area contributed by atoms with E-state index in [2.05, 4.69) is 11.8 Å². The summed E-state index contributed by atoms with van der Waals surface area (Å²) < 4.78 is 11.2. The summed E-state index contributed by atoms with van der Waals surface area (Å²) in [6, 6.07) is 7.78. The molecule has 0 radical (unpaired) electrons. The Kier molecular flexibility index (Phi) is 5.07. The number of hydrogen-bond acceptors (Lipinski definition) is 3. The van der Waals surface area contributed by atoms with E-state index in [9.17, 15) is 0 Å². The molecule has 0 aliphatic carbocycles. The van der Waals surface area contributed by atoms with Gasteiger partial charge in [-0.25, -0.2) is 0 Å². The van der Waals surface area contributed by atoms with Gasteiger partial charge in [-0.15, -0.1) is 0 Å². The van der Waals surface area contributed by atoms with E-state index < -0.39 is 0 Å². The van der Waals surface area contributed by atoms with Gasteiger partial charge in [0.1, 0.15) is 11.9 Å². The lowest BCUT2D eigenvalue weighted by molar-refractivity contribution is 0.0255. The molecule has 2 rings (SSSR count). The zero-order valence-corrected chi connectivity index (χ0v) is 10.4. The largest absolute Gasteiger partial charge is 0.490 e. The molecule has 0 unspecified atom stereocenters. The highest BCUT2D eigenvalue weighted by Gasteiger charge is 2.14. The van der Waals surface area contributed by atoms with E-state index in [1.807, 2.05) is 24.3 Å². The van der Waals surface area contributed by atoms with Crippen molar-refractivity contribution in [3.8, 4) is 17.6 Å². The van der Waals surface area contributed by atoms with Gasteiger partial charge in [-0.05, 0) is 18.2 Å². The van der Waals surface area contributed by atoms with E-state index in [1.165, 1.54) is 0 Å². The van der Waals surface area contributed by atoms with Crippen molar-refractivity contribution in [3.05, 3.63) is 29.8 Å². The van der Waals surface area contributed by atoms with Crippen LogP contribution in [0.5, 0.6) is 5.75 Å². The summed E-state index contributed by atoms with van der Waals surface area (Å²) in [5.41, 5.74) is 0.924. The SMILES string of the molecule is OCCC#Cc1cccc(OC2CCOCC2)c1. The molecule has 0 aromatic heterocycles. The second-order valence-electron chi connectivity index (χ2n) is 4.23. The highest BCUT2D eigenvalue weighted by Crippen LogP contribution is 2.18. The minimum absolute atomic E-state index is 0.102. The summed E-state index contributed by atoms with van der Waals surface area (Å²) in [6.45, 7) is 1.66. The lowest BCUT2D eigenvalue weighted by Gasteiger charge is -2.23. The van der Waals surface area contributed by atoms with Gasteiger partial charge in [0.15, 0.2) is 0 Å². The van der Waals surface area contributed by atoms with Gasteiger partial charge in [0.05, 0.1) is 19.8 Å². The Morgan fingerprint density at radius 1 is 1.33 bits per heavy atom. The first kappa shape index (κ1) is 12.9. The maximum absolute atomic E-state index is 8.68. The predicted molar refractivity (Wildman–Crippen MR) is 69.5 cm³/mol. The van der Waals surface area contributed by atoms with Crippen LogP contribution in [-0.2, 0) is 4.74 Å². The Labute approximate surface area is 108 Å². The van der Waals surface area contributed by atoms with Crippen molar-refractivity contribution in [1.82, 2.24) is 0 Å². The quantitative estimate of drug-likeness (QED) is 0.829. The molecule has 0 atom stereocenters. The van der Waals surface area contributed by atoms with Crippen LogP contribution in [0.2, 0.25) is 0 Å². The first-order valence-corrected chi connectivity index (χ1v) is 6.32. The number of aliphatic hydroxyl groups excluding tert-OH is 1. The van der Waals surface area contributed by atoms with Gasteiger partial charge in [-0.1, -0.05) is 17.9 Å². The van der Waals surface area contributed by atoms with Crippen molar-refractivity contribution in [2.45, 2.75) is 25.4 Å². The summed E-state index contributed by atoms with van der Waals surface area (Å²) in [5, 5.41) is 8.68. The fourth-order valence-electron chi connectivity index (χ4n) is 1.85. The van der Waals surface area contributed by atoms with Crippen molar-refractivity contribution in [1.29, 1.82) is 0 Å². The Morgan fingerprint density at radius 2 is 2.17 bits per heavy atom. The third-order valence-corrected chi connectivity index (χ3v) is 2.77. The van der Waals surface area contributed by atoms with Gasteiger partial charge in [-0.2, -0.15) is 0 Å². The fraction of sp³-hybridized carbons (Fsp3) is 0.467. The normalized spacial score (nSPS) is 15.8. The van der Waals surface area contributed by atoms with Crippen LogP contribution in [0.25, 0.3) is 0 Å². The molecule has 0 saturated carbocycles. The van der Waals surface area contributed by atoms with Gasteiger partial charge >= 0.3 is 0 Å². The van der Waals surface area contributed by atoms with Crippen LogP contribution in [0.4, 0.5) is 0 Å². The first-order valence-electron chi connectivity index (χ1n) is 6.32. The van der Waals surface area contributed by atoms with Gasteiger partial charge in [0.2, 0.25) is 0 Å². The molecule has 3 heteroatoms. The maximum Gasteiger partial charge on any atom is 0.120 e. The zero-order chi connectivity index (χ0) is 12.6. The molecular weight excluding hydrogens is 228 g/mol. The molecule has 1 fully saturated rings. The Balaban J connectivity index is 1.96. The minimum Gasteiger partial charge on any atom is -0.490 e. The lowest BCUT2D eigenvalue weighted by atomic mass is 10.1. The van der Waals surface area contributed by atoms with Crippen LogP contribution in [-0.4, -0.2) is 31.0 Å². The molecule has 3 nitrogen and oxygen atoms in total. The highest BCUT2D eigenvalue weighted by atomic mass is 16.5. The molecule has 1 N–H and O–H groups in total. The van der Waals surface area contributed by atoms with E-state index >= 15 is 0 Å². The van der Waals surface area contributed by atoms with Crippen LogP contribution in [0, 0.1) is 11.8 Å². The van der Waals surface area contributed by atoms with Gasteiger partial charge < -0.3 is 14.6 Å². The second-order valence-corrected chi connectivity index (χ2v) is 4.23. The highest BCUT2D eigenvalue weighted by molar-refractivity contribution is 5.39. The first-order chi connectivity index (χ1) is 8.88. The smallest absolute Gasteiger partial charge is 0.120 e. The third kappa shape index (κ3) is 4.06. The summed E-state index contributed by atoms with van der Waals surface area (Å²) in [6.07, 6.45) is 2.64. The summed E-state index contributed by atoms with van der Waals surface area (Å²) in [7, 11) is 0. The van der Waals surface area contributed by atoms with E-state index in [1.54, 1.807) is 0 Å². The molecule has 1 aliphatic rings. The number of rotatable bonds is 3. The number of aliphatic hydroxyl groups is 1. The van der Waals surface area contributed by atoms with Crippen molar-refractivity contribution < 1.29 is 14.6 Å². The van der Waals surface area contributed by atoms with Gasteiger partial charge in [0, 0.05) is 24.8 Å². The van der Waals surface area contributed by atoms with Crippen LogP contribution in [0.3, 0.4) is 0 Å². The van der Waals surface area contributed by atoms with E-state index in [0.29, 0.717) is 6.42 Å². The Morgan fingerprint density at radius 3 is 2.94 bits per heavy atom. The van der Waals surface area contributed by atoms with Crippen LogP contribution < -0.4 is 4.74 Å². The summed E-state index contributed by atoms with van der Waals surface area (Å²) in [5.74, 6) is 6.77. The molecule has 0 bridgehead atoms. The van der Waals surface area contributed by atoms with E-state index in [0.717, 1.165) is 37.4 Å². The molecule has 1 aromatic carbocycles. The zero-order valence-electron chi connectivity index (χ0n) is 10.4. The van der Waals surface area contributed by atoms with Gasteiger partial charge in [0.25, 0.3) is 0 Å². The topological polar surface area (TPSA) is 38.7 Å². The number of hydrogen-bond donors (Lipinski definition) is 1. The predicted octanol–water partition coefficient (Wildman–Crippen LogP) is 1.98. The maximum atomic E-state index is 8.68. The van der Waals surface area contributed by atoms with E-state index in [4.69, 9.17) is 14.6 Å². The fourth-order valence-corrected chi connectivity index (χ4v) is 1.85. The molecule has 0 spiro atoms. The van der Waals surface area contributed by atoms with Crippen molar-refractivity contribution >= 4 is 0 Å².